The molecule has 1 amide bonds. The summed E-state index contributed by atoms with van der Waals surface area (Å²) in [5.41, 5.74) is 2.45. The fourth-order valence-corrected chi connectivity index (χ4v) is 3.93. The van der Waals surface area contributed by atoms with E-state index in [0.29, 0.717) is 27.7 Å². The van der Waals surface area contributed by atoms with Gasteiger partial charge >= 0.3 is 0 Å². The van der Waals surface area contributed by atoms with Crippen LogP contribution in [0.1, 0.15) is 21.6 Å². The molecule has 6 nitrogen and oxygen atoms in total. The Morgan fingerprint density at radius 2 is 2.10 bits per heavy atom. The zero-order valence-electron chi connectivity index (χ0n) is 15.4. The number of fused-ring (bicyclic) bond motifs is 1. The van der Waals surface area contributed by atoms with Gasteiger partial charge in [0.25, 0.3) is 11.5 Å². The molecule has 0 saturated heterocycles. The third kappa shape index (κ3) is 4.38. The molecule has 0 unspecified atom stereocenters. The van der Waals surface area contributed by atoms with E-state index in [9.17, 15) is 9.59 Å². The average Bonchev–Trinajstić information content (AvgIpc) is 3.17. The number of nitrogens with zero attached hydrogens (tertiary/aromatic N) is 2. The summed E-state index contributed by atoms with van der Waals surface area (Å²) in [5.74, 6) is 0.276. The Labute approximate surface area is 178 Å². The molecule has 146 valence electrons. The summed E-state index contributed by atoms with van der Waals surface area (Å²) in [5, 5.41) is 4.70. The highest BCUT2D eigenvalue weighted by Crippen LogP contribution is 2.27. The summed E-state index contributed by atoms with van der Waals surface area (Å²) in [6, 6.07) is 14.1. The van der Waals surface area contributed by atoms with E-state index in [2.05, 4.69) is 26.2 Å². The van der Waals surface area contributed by atoms with Crippen LogP contribution in [0.15, 0.2) is 69.4 Å². The largest absolute Gasteiger partial charge is 0.485 e. The Morgan fingerprint density at radius 3 is 2.93 bits per heavy atom. The van der Waals surface area contributed by atoms with E-state index >= 15 is 0 Å². The van der Waals surface area contributed by atoms with Crippen molar-refractivity contribution in [3.63, 3.8) is 0 Å². The quantitative estimate of drug-likeness (QED) is 0.461. The van der Waals surface area contributed by atoms with Crippen LogP contribution in [0.2, 0.25) is 0 Å². The van der Waals surface area contributed by atoms with Crippen LogP contribution in [0, 0.1) is 6.92 Å². The van der Waals surface area contributed by atoms with Crippen molar-refractivity contribution < 1.29 is 9.53 Å². The minimum Gasteiger partial charge on any atom is -0.485 e. The van der Waals surface area contributed by atoms with Gasteiger partial charge in [0.1, 0.15) is 12.4 Å². The van der Waals surface area contributed by atoms with Crippen molar-refractivity contribution in [3.8, 4) is 5.75 Å². The third-order valence-electron chi connectivity index (χ3n) is 4.20. The van der Waals surface area contributed by atoms with E-state index in [-0.39, 0.29) is 18.1 Å². The normalized spacial score (nSPS) is 10.8. The number of ether oxygens (including phenoxy) is 1. The van der Waals surface area contributed by atoms with Crippen molar-refractivity contribution in [2.45, 2.75) is 13.5 Å². The van der Waals surface area contributed by atoms with Gasteiger partial charge < -0.3 is 10.1 Å². The molecule has 2 aromatic heterocycles. The Kier molecular flexibility index (Phi) is 5.46. The average molecular weight is 470 g/mol. The third-order valence-corrected chi connectivity index (χ3v) is 5.45. The van der Waals surface area contributed by atoms with Gasteiger partial charge in [0.15, 0.2) is 4.96 Å². The van der Waals surface area contributed by atoms with Crippen LogP contribution in [0.5, 0.6) is 5.75 Å². The summed E-state index contributed by atoms with van der Waals surface area (Å²) < 4.78 is 8.23. The number of rotatable bonds is 5. The number of nitrogens with one attached hydrogen (secondary N) is 1. The maximum Gasteiger partial charge on any atom is 0.258 e. The summed E-state index contributed by atoms with van der Waals surface area (Å²) in [4.78, 5) is 29.8. The zero-order chi connectivity index (χ0) is 20.4. The molecule has 0 aliphatic carbocycles. The van der Waals surface area contributed by atoms with Gasteiger partial charge in [0.2, 0.25) is 0 Å². The van der Waals surface area contributed by atoms with Crippen molar-refractivity contribution in [1.82, 2.24) is 9.38 Å². The molecule has 0 atom stereocenters. The lowest BCUT2D eigenvalue weighted by molar-refractivity contribution is 0.102. The van der Waals surface area contributed by atoms with Crippen LogP contribution in [0.3, 0.4) is 0 Å². The molecule has 0 fully saturated rings. The topological polar surface area (TPSA) is 72.7 Å². The minimum atomic E-state index is -0.239. The number of anilines is 1. The van der Waals surface area contributed by atoms with Crippen LogP contribution in [-0.4, -0.2) is 15.3 Å². The number of aromatic nitrogens is 2. The number of halogens is 1. The molecule has 29 heavy (non-hydrogen) atoms. The van der Waals surface area contributed by atoms with Gasteiger partial charge in [0, 0.05) is 27.7 Å². The second kappa shape index (κ2) is 8.18. The standard InChI is InChI=1S/C21H16BrN3O3S/c1-13-5-6-17(24-20(27)14-3-2-4-15(22)10-14)18(9-13)28-12-16-11-19(26)25-7-8-29-21(25)23-16/h2-11H,12H2,1H3,(H,24,27). The number of benzene rings is 2. The first-order valence-electron chi connectivity index (χ1n) is 8.76. The number of carbonyl (C=O) groups is 1. The van der Waals surface area contributed by atoms with Crippen molar-refractivity contribution in [3.05, 3.63) is 91.8 Å². The number of hydrogen-bond acceptors (Lipinski definition) is 5. The van der Waals surface area contributed by atoms with Crippen molar-refractivity contribution in [2.24, 2.45) is 0 Å². The lowest BCUT2D eigenvalue weighted by Crippen LogP contribution is -2.15. The fourth-order valence-electron chi connectivity index (χ4n) is 2.79. The molecule has 2 aromatic carbocycles. The predicted molar refractivity (Wildman–Crippen MR) is 117 cm³/mol. The van der Waals surface area contributed by atoms with Gasteiger partial charge in [0.05, 0.1) is 11.4 Å². The first-order chi connectivity index (χ1) is 14.0. The van der Waals surface area contributed by atoms with Crippen LogP contribution in [0.25, 0.3) is 4.96 Å². The monoisotopic (exact) mass is 469 g/mol. The SMILES string of the molecule is Cc1ccc(NC(=O)c2cccc(Br)c2)c(OCc2cc(=O)n3ccsc3n2)c1. The van der Waals surface area contributed by atoms with Crippen LogP contribution >= 0.6 is 27.3 Å². The number of thiazole rings is 1. The van der Waals surface area contributed by atoms with E-state index in [4.69, 9.17) is 4.74 Å². The first kappa shape index (κ1) is 19.4. The van der Waals surface area contributed by atoms with Gasteiger partial charge in [-0.3, -0.25) is 14.0 Å². The van der Waals surface area contributed by atoms with Crippen molar-refractivity contribution >= 4 is 43.8 Å². The van der Waals surface area contributed by atoms with E-state index in [0.717, 1.165) is 10.0 Å². The Balaban J connectivity index is 1.56. The van der Waals surface area contributed by atoms with E-state index in [1.807, 2.05) is 30.5 Å². The zero-order valence-corrected chi connectivity index (χ0v) is 17.8. The maximum absolute atomic E-state index is 12.6. The molecule has 0 saturated carbocycles. The van der Waals surface area contributed by atoms with E-state index in [1.165, 1.54) is 21.8 Å². The maximum atomic E-state index is 12.6. The highest BCUT2D eigenvalue weighted by atomic mass is 79.9. The lowest BCUT2D eigenvalue weighted by atomic mass is 10.2. The van der Waals surface area contributed by atoms with Gasteiger partial charge in [-0.05, 0) is 42.8 Å². The number of hydrogen-bond donors (Lipinski definition) is 1. The molecule has 0 radical (unpaired) electrons. The smallest absolute Gasteiger partial charge is 0.258 e. The molecule has 8 heteroatoms. The first-order valence-corrected chi connectivity index (χ1v) is 10.4. The van der Waals surface area contributed by atoms with Crippen LogP contribution in [-0.2, 0) is 6.61 Å². The van der Waals surface area contributed by atoms with Gasteiger partial charge in [-0.25, -0.2) is 4.98 Å². The fraction of sp³-hybridized carbons (Fsp3) is 0.0952. The lowest BCUT2D eigenvalue weighted by Gasteiger charge is -2.13. The summed E-state index contributed by atoms with van der Waals surface area (Å²) in [6.45, 7) is 2.06. The number of carbonyl (C=O) groups excluding carboxylic acids is 1. The number of amides is 1. The number of aryl methyl sites for hydroxylation is 1. The van der Waals surface area contributed by atoms with Crippen molar-refractivity contribution in [1.29, 1.82) is 0 Å². The summed E-state index contributed by atoms with van der Waals surface area (Å²) in [6.07, 6.45) is 1.69. The molecule has 1 N–H and O–H groups in total. The molecule has 0 spiro atoms. The van der Waals surface area contributed by atoms with Crippen molar-refractivity contribution in [2.75, 3.05) is 5.32 Å². The Morgan fingerprint density at radius 1 is 1.24 bits per heavy atom. The molecule has 2 heterocycles. The molecule has 0 aliphatic rings. The van der Waals surface area contributed by atoms with Crippen LogP contribution in [0.4, 0.5) is 5.69 Å². The molecule has 4 aromatic rings. The summed E-state index contributed by atoms with van der Waals surface area (Å²) in [7, 11) is 0. The predicted octanol–water partition coefficient (Wildman–Crippen LogP) is 4.66. The summed E-state index contributed by atoms with van der Waals surface area (Å²) >= 11 is 4.76. The minimum absolute atomic E-state index is 0.118. The molecular formula is C21H16BrN3O3S. The van der Waals surface area contributed by atoms with Gasteiger partial charge in [-0.2, -0.15) is 0 Å². The second-order valence-corrected chi connectivity index (χ2v) is 8.18. The highest BCUT2D eigenvalue weighted by molar-refractivity contribution is 9.10. The highest BCUT2D eigenvalue weighted by Gasteiger charge is 2.12. The van der Waals surface area contributed by atoms with E-state index in [1.54, 1.807) is 30.5 Å². The molecule has 0 bridgehead atoms. The van der Waals surface area contributed by atoms with E-state index < -0.39 is 0 Å². The van der Waals surface area contributed by atoms with Gasteiger partial charge in [-0.15, -0.1) is 11.3 Å². The Bertz CT molecular complexity index is 1270. The molecular weight excluding hydrogens is 454 g/mol. The Hall–Kier alpha value is -2.97. The molecule has 4 rings (SSSR count). The van der Waals surface area contributed by atoms with Crippen LogP contribution < -0.4 is 15.6 Å². The second-order valence-electron chi connectivity index (χ2n) is 6.39. The molecule has 0 aliphatic heterocycles. The van der Waals surface area contributed by atoms with Gasteiger partial charge in [-0.1, -0.05) is 28.1 Å².